The molecule has 0 radical (unpaired) electrons. The van der Waals surface area contributed by atoms with E-state index < -0.39 is 72.6 Å². The highest BCUT2D eigenvalue weighted by Crippen LogP contribution is 2.08. The highest BCUT2D eigenvalue weighted by atomic mass is 16.4. The van der Waals surface area contributed by atoms with Crippen LogP contribution in [0, 0.1) is 11.8 Å². The van der Waals surface area contributed by atoms with Crippen LogP contribution in [0.2, 0.25) is 0 Å². The Morgan fingerprint density at radius 2 is 1.21 bits per heavy atom. The number of aliphatic carboxylic acids is 2. The van der Waals surface area contributed by atoms with E-state index in [-0.39, 0.29) is 24.7 Å². The largest absolute Gasteiger partial charge is 0.481 e. The Labute approximate surface area is 198 Å². The van der Waals surface area contributed by atoms with Gasteiger partial charge in [-0.2, -0.15) is 0 Å². The maximum atomic E-state index is 12.8. The topological polar surface area (TPSA) is 231 Å². The molecule has 0 aliphatic carbocycles. The first-order chi connectivity index (χ1) is 15.6. The van der Waals surface area contributed by atoms with E-state index in [0.29, 0.717) is 6.42 Å². The summed E-state index contributed by atoms with van der Waals surface area (Å²) in [4.78, 5) is 71.7. The second-order valence-corrected chi connectivity index (χ2v) is 8.99. The van der Waals surface area contributed by atoms with Crippen LogP contribution in [0.25, 0.3) is 0 Å². The summed E-state index contributed by atoms with van der Waals surface area (Å²) < 4.78 is 0. The van der Waals surface area contributed by atoms with Crippen molar-refractivity contribution in [2.45, 2.75) is 84.0 Å². The second kappa shape index (κ2) is 14.8. The molecule has 13 nitrogen and oxygen atoms in total. The summed E-state index contributed by atoms with van der Waals surface area (Å²) in [7, 11) is 0. The molecule has 0 aliphatic rings. The molecule has 194 valence electrons. The first-order valence-electron chi connectivity index (χ1n) is 11.0. The highest BCUT2D eigenvalue weighted by Gasteiger charge is 2.31. The zero-order valence-electron chi connectivity index (χ0n) is 20.0. The Bertz CT molecular complexity index is 755. The molecule has 0 aromatic carbocycles. The summed E-state index contributed by atoms with van der Waals surface area (Å²) in [6.45, 7) is 7.20. The molecule has 0 bridgehead atoms. The van der Waals surface area contributed by atoms with Crippen LogP contribution in [-0.2, 0) is 28.8 Å². The van der Waals surface area contributed by atoms with Crippen LogP contribution >= 0.6 is 0 Å². The minimum Gasteiger partial charge on any atom is -0.481 e. The highest BCUT2D eigenvalue weighted by molar-refractivity contribution is 5.96. The van der Waals surface area contributed by atoms with Gasteiger partial charge in [0, 0.05) is 6.42 Å². The number of hydrogen-bond acceptors (Lipinski definition) is 7. The molecule has 0 saturated carbocycles. The number of carbonyl (C=O) groups is 6. The van der Waals surface area contributed by atoms with Crippen LogP contribution in [0.15, 0.2) is 0 Å². The number of primary amides is 1. The molecule has 9 N–H and O–H groups in total. The number of nitrogens with two attached hydrogens (primary N) is 2. The van der Waals surface area contributed by atoms with Gasteiger partial charge >= 0.3 is 11.9 Å². The zero-order valence-corrected chi connectivity index (χ0v) is 20.0. The second-order valence-electron chi connectivity index (χ2n) is 8.99. The summed E-state index contributed by atoms with van der Waals surface area (Å²) in [5.41, 5.74) is 11.0. The van der Waals surface area contributed by atoms with Crippen molar-refractivity contribution in [2.24, 2.45) is 23.3 Å². The molecule has 0 fully saturated rings. The van der Waals surface area contributed by atoms with Gasteiger partial charge in [0.05, 0.1) is 12.5 Å². The van der Waals surface area contributed by atoms with Crippen LogP contribution in [-0.4, -0.2) is 69.9 Å². The first kappa shape index (κ1) is 30.8. The van der Waals surface area contributed by atoms with Crippen LogP contribution in [0.5, 0.6) is 0 Å². The number of amides is 4. The molecule has 0 rings (SSSR count). The Kier molecular flexibility index (Phi) is 13.4. The van der Waals surface area contributed by atoms with Gasteiger partial charge in [-0.25, -0.2) is 4.79 Å². The van der Waals surface area contributed by atoms with Crippen molar-refractivity contribution >= 4 is 35.6 Å². The monoisotopic (exact) mass is 487 g/mol. The Balaban J connectivity index is 5.58. The van der Waals surface area contributed by atoms with Crippen molar-refractivity contribution in [3.8, 4) is 0 Å². The minimum absolute atomic E-state index is 0.0729. The van der Waals surface area contributed by atoms with Gasteiger partial charge in [-0.05, 0) is 31.1 Å². The van der Waals surface area contributed by atoms with E-state index in [0.717, 1.165) is 0 Å². The predicted octanol–water partition coefficient (Wildman–Crippen LogP) is -1.31. The number of carboxylic acid groups (broad SMARTS) is 2. The smallest absolute Gasteiger partial charge is 0.326 e. The number of rotatable bonds is 16. The fourth-order valence-electron chi connectivity index (χ4n) is 3.08. The maximum absolute atomic E-state index is 12.8. The predicted molar refractivity (Wildman–Crippen MR) is 121 cm³/mol. The minimum atomic E-state index is -1.53. The quantitative estimate of drug-likeness (QED) is 0.137. The third-order valence-electron chi connectivity index (χ3n) is 4.70. The lowest BCUT2D eigenvalue weighted by molar-refractivity contribution is -0.143. The van der Waals surface area contributed by atoms with Gasteiger partial charge in [0.15, 0.2) is 0 Å². The van der Waals surface area contributed by atoms with E-state index >= 15 is 0 Å². The standard InChI is InChI=1S/C21H37N5O8/c1-10(2)7-12(22)18(30)24-13(5-6-17(28)29)19(31)25-14(9-16(23)27)20(32)26-15(21(33)34)8-11(3)4/h10-15H,5-9,22H2,1-4H3,(H2,23,27)(H,24,30)(H,25,31)(H,26,32)(H,28,29)(H,33,34). The van der Waals surface area contributed by atoms with Gasteiger partial charge < -0.3 is 37.6 Å². The molecule has 0 spiro atoms. The van der Waals surface area contributed by atoms with Gasteiger partial charge in [-0.15, -0.1) is 0 Å². The fourth-order valence-corrected chi connectivity index (χ4v) is 3.08. The average Bonchev–Trinajstić information content (AvgIpc) is 2.68. The molecule has 4 amide bonds. The summed E-state index contributed by atoms with van der Waals surface area (Å²) in [5, 5.41) is 25.2. The molecule has 4 atom stereocenters. The molecular formula is C21H37N5O8. The van der Waals surface area contributed by atoms with E-state index in [2.05, 4.69) is 16.0 Å². The molecule has 0 saturated heterocycles. The maximum Gasteiger partial charge on any atom is 0.326 e. The molecule has 4 unspecified atom stereocenters. The number of nitrogens with one attached hydrogen (secondary N) is 3. The number of hydrogen-bond donors (Lipinski definition) is 7. The lowest BCUT2D eigenvalue weighted by atomic mass is 10.0. The lowest BCUT2D eigenvalue weighted by Gasteiger charge is -2.25. The summed E-state index contributed by atoms with van der Waals surface area (Å²) in [6.07, 6.45) is -1.00. The van der Waals surface area contributed by atoms with Gasteiger partial charge in [-0.3, -0.25) is 24.0 Å². The SMILES string of the molecule is CC(C)CC(N)C(=O)NC(CCC(=O)O)C(=O)NC(CC(N)=O)C(=O)NC(CC(C)C)C(=O)O. The van der Waals surface area contributed by atoms with Crippen LogP contribution in [0.3, 0.4) is 0 Å². The van der Waals surface area contributed by atoms with Crippen molar-refractivity contribution in [3.63, 3.8) is 0 Å². The van der Waals surface area contributed by atoms with E-state index in [1.54, 1.807) is 13.8 Å². The molecule has 0 heterocycles. The van der Waals surface area contributed by atoms with Crippen molar-refractivity contribution < 1.29 is 39.0 Å². The molecule has 0 aliphatic heterocycles. The number of carboxylic acids is 2. The Morgan fingerprint density at radius 3 is 1.65 bits per heavy atom. The van der Waals surface area contributed by atoms with Gasteiger partial charge in [-0.1, -0.05) is 27.7 Å². The van der Waals surface area contributed by atoms with E-state index in [1.807, 2.05) is 13.8 Å². The van der Waals surface area contributed by atoms with Gasteiger partial charge in [0.2, 0.25) is 23.6 Å². The zero-order chi connectivity index (χ0) is 26.6. The summed E-state index contributed by atoms with van der Waals surface area (Å²) in [5.74, 6) is -6.03. The third-order valence-corrected chi connectivity index (χ3v) is 4.70. The van der Waals surface area contributed by atoms with Crippen LogP contribution in [0.4, 0.5) is 0 Å². The van der Waals surface area contributed by atoms with Crippen molar-refractivity contribution in [1.29, 1.82) is 0 Å². The van der Waals surface area contributed by atoms with Crippen molar-refractivity contribution in [1.82, 2.24) is 16.0 Å². The Morgan fingerprint density at radius 1 is 0.735 bits per heavy atom. The lowest BCUT2D eigenvalue weighted by Crippen LogP contribution is -2.58. The van der Waals surface area contributed by atoms with E-state index in [1.165, 1.54) is 0 Å². The fraction of sp³-hybridized carbons (Fsp3) is 0.714. The number of carbonyl (C=O) groups excluding carboxylic acids is 4. The molecule has 0 aromatic heterocycles. The first-order valence-corrected chi connectivity index (χ1v) is 11.0. The normalized spacial score (nSPS) is 14.6. The van der Waals surface area contributed by atoms with Gasteiger partial charge in [0.1, 0.15) is 18.1 Å². The average molecular weight is 488 g/mol. The molecule has 34 heavy (non-hydrogen) atoms. The summed E-state index contributed by atoms with van der Waals surface area (Å²) in [6, 6.07) is -5.11. The van der Waals surface area contributed by atoms with Crippen molar-refractivity contribution in [2.75, 3.05) is 0 Å². The van der Waals surface area contributed by atoms with Crippen molar-refractivity contribution in [3.05, 3.63) is 0 Å². The molecule has 0 aromatic rings. The third kappa shape index (κ3) is 12.7. The van der Waals surface area contributed by atoms with E-state index in [9.17, 15) is 33.9 Å². The summed E-state index contributed by atoms with van der Waals surface area (Å²) >= 11 is 0. The molecular weight excluding hydrogens is 450 g/mol. The molecule has 13 heteroatoms. The van der Waals surface area contributed by atoms with Crippen LogP contribution in [0.1, 0.15) is 59.8 Å². The Hall–Kier alpha value is -3.22. The van der Waals surface area contributed by atoms with Gasteiger partial charge in [0.25, 0.3) is 0 Å². The van der Waals surface area contributed by atoms with Crippen LogP contribution < -0.4 is 27.4 Å². The van der Waals surface area contributed by atoms with E-state index in [4.69, 9.17) is 16.6 Å².